The highest BCUT2D eigenvalue weighted by molar-refractivity contribution is 7.73. The Labute approximate surface area is 74.2 Å². The monoisotopic (exact) mass is 187 g/mol. The van der Waals surface area contributed by atoms with Crippen molar-refractivity contribution in [3.63, 3.8) is 0 Å². The summed E-state index contributed by atoms with van der Waals surface area (Å²) in [5.74, 6) is 0.171. The second-order valence-electron chi connectivity index (χ2n) is 2.04. The number of allylic oxidation sites excluding steroid dienone is 1. The van der Waals surface area contributed by atoms with Crippen molar-refractivity contribution in [3.8, 4) is 5.88 Å². The molecule has 2 nitrogen and oxygen atoms in total. The lowest BCUT2D eigenvalue weighted by molar-refractivity contribution is 0.456. The van der Waals surface area contributed by atoms with Crippen LogP contribution >= 0.6 is 23.6 Å². The topological polar surface area (TPSA) is 36.0 Å². The van der Waals surface area contributed by atoms with Gasteiger partial charge in [0, 0.05) is 0 Å². The minimum absolute atomic E-state index is 0.171. The summed E-state index contributed by atoms with van der Waals surface area (Å²) in [5.41, 5.74) is 0. The molecule has 2 N–H and O–H groups in total. The second-order valence-corrected chi connectivity index (χ2v) is 3.76. The van der Waals surface area contributed by atoms with Gasteiger partial charge in [-0.1, -0.05) is 13.0 Å². The van der Waals surface area contributed by atoms with Gasteiger partial charge in [0.05, 0.1) is 4.88 Å². The molecular formula is C7H9NOS2. The maximum Gasteiger partial charge on any atom is 0.207 e. The minimum Gasteiger partial charge on any atom is -0.494 e. The molecule has 1 heterocycles. The van der Waals surface area contributed by atoms with Crippen LogP contribution in [0.5, 0.6) is 5.88 Å². The Bertz CT molecular complexity index is 310. The maximum atomic E-state index is 9.19. The number of aromatic hydroxyl groups is 1. The van der Waals surface area contributed by atoms with Crippen LogP contribution in [0.1, 0.15) is 18.2 Å². The number of aromatic amines is 1. The molecule has 1 aromatic heterocycles. The van der Waals surface area contributed by atoms with E-state index >= 15 is 0 Å². The number of rotatable bonds is 2. The summed E-state index contributed by atoms with van der Waals surface area (Å²) in [6.07, 6.45) is 4.81. The fourth-order valence-electron chi connectivity index (χ4n) is 0.670. The Kier molecular flexibility index (Phi) is 2.84. The lowest BCUT2D eigenvalue weighted by Gasteiger charge is -1.84. The maximum absolute atomic E-state index is 9.19. The molecule has 0 aliphatic rings. The summed E-state index contributed by atoms with van der Waals surface area (Å²) in [4.78, 5) is 3.46. The third-order valence-electron chi connectivity index (χ3n) is 1.16. The number of H-pyrrole nitrogens is 1. The number of hydrogen-bond donors (Lipinski definition) is 2. The van der Waals surface area contributed by atoms with Crippen LogP contribution in [-0.4, -0.2) is 10.1 Å². The summed E-state index contributed by atoms with van der Waals surface area (Å²) in [5, 5.41) is 9.19. The summed E-state index contributed by atoms with van der Waals surface area (Å²) >= 11 is 6.22. The molecule has 1 rings (SSSR count). The van der Waals surface area contributed by atoms with E-state index in [1.54, 1.807) is 0 Å². The van der Waals surface area contributed by atoms with Gasteiger partial charge in [-0.3, -0.25) is 0 Å². The van der Waals surface area contributed by atoms with Gasteiger partial charge in [0.2, 0.25) is 5.88 Å². The van der Waals surface area contributed by atoms with E-state index in [1.807, 2.05) is 19.1 Å². The molecule has 0 unspecified atom stereocenters. The summed E-state index contributed by atoms with van der Waals surface area (Å²) in [6.45, 7) is 2.04. The van der Waals surface area contributed by atoms with Gasteiger partial charge in [-0.05, 0) is 24.7 Å². The summed E-state index contributed by atoms with van der Waals surface area (Å²) in [6, 6.07) is 0. The van der Waals surface area contributed by atoms with Gasteiger partial charge in [0.25, 0.3) is 0 Å². The SMILES string of the molecule is CC/C=C/c1sc(=S)[nH]c1O. The number of thiazole rings is 1. The standard InChI is InChI=1S/C7H9NOS2/c1-2-3-4-5-6(9)8-7(10)11-5/h3-4,9H,2H2,1H3,(H,8,10)/b4-3+. The Hall–Kier alpha value is -0.610. The van der Waals surface area contributed by atoms with Crippen molar-refractivity contribution in [3.05, 3.63) is 14.9 Å². The lowest BCUT2D eigenvalue weighted by Crippen LogP contribution is -1.64. The second kappa shape index (κ2) is 3.69. The quantitative estimate of drug-likeness (QED) is 0.698. The van der Waals surface area contributed by atoms with Gasteiger partial charge < -0.3 is 10.1 Å². The van der Waals surface area contributed by atoms with E-state index in [9.17, 15) is 5.11 Å². The van der Waals surface area contributed by atoms with Crippen molar-refractivity contribution >= 4 is 29.6 Å². The number of hydrogen-bond acceptors (Lipinski definition) is 3. The fraction of sp³-hybridized carbons (Fsp3) is 0.286. The number of nitrogens with one attached hydrogen (secondary N) is 1. The molecule has 4 heteroatoms. The zero-order valence-electron chi connectivity index (χ0n) is 6.13. The van der Waals surface area contributed by atoms with Crippen LogP contribution in [0, 0.1) is 3.95 Å². The molecule has 0 aliphatic heterocycles. The van der Waals surface area contributed by atoms with Crippen molar-refractivity contribution in [1.29, 1.82) is 0 Å². The predicted molar refractivity (Wildman–Crippen MR) is 50.5 cm³/mol. The average molecular weight is 187 g/mol. The van der Waals surface area contributed by atoms with E-state index < -0.39 is 0 Å². The zero-order valence-corrected chi connectivity index (χ0v) is 7.76. The van der Waals surface area contributed by atoms with E-state index in [4.69, 9.17) is 12.2 Å². The molecule has 0 spiro atoms. The third kappa shape index (κ3) is 2.17. The molecule has 60 valence electrons. The van der Waals surface area contributed by atoms with Crippen molar-refractivity contribution in [1.82, 2.24) is 4.98 Å². The smallest absolute Gasteiger partial charge is 0.207 e. The molecule has 0 atom stereocenters. The van der Waals surface area contributed by atoms with Crippen molar-refractivity contribution in [2.75, 3.05) is 0 Å². The van der Waals surface area contributed by atoms with Crippen LogP contribution in [0.25, 0.3) is 6.08 Å². The van der Waals surface area contributed by atoms with E-state index in [-0.39, 0.29) is 5.88 Å². The summed E-state index contributed by atoms with van der Waals surface area (Å²) < 4.78 is 0.609. The molecule has 0 aliphatic carbocycles. The molecule has 0 saturated heterocycles. The van der Waals surface area contributed by atoms with Crippen LogP contribution in [0.3, 0.4) is 0 Å². The Morgan fingerprint density at radius 3 is 2.91 bits per heavy atom. The van der Waals surface area contributed by atoms with E-state index in [1.165, 1.54) is 11.3 Å². The molecular weight excluding hydrogens is 178 g/mol. The first-order valence-electron chi connectivity index (χ1n) is 3.32. The average Bonchev–Trinajstić information content (AvgIpc) is 2.26. The van der Waals surface area contributed by atoms with Gasteiger partial charge in [-0.2, -0.15) is 0 Å². The largest absolute Gasteiger partial charge is 0.494 e. The highest BCUT2D eigenvalue weighted by Crippen LogP contribution is 2.22. The van der Waals surface area contributed by atoms with Gasteiger partial charge in [-0.15, -0.1) is 11.3 Å². The van der Waals surface area contributed by atoms with Crippen molar-refractivity contribution in [2.45, 2.75) is 13.3 Å². The lowest BCUT2D eigenvalue weighted by atomic mass is 10.4. The highest BCUT2D eigenvalue weighted by Gasteiger charge is 1.98. The van der Waals surface area contributed by atoms with Gasteiger partial charge in [0.1, 0.15) is 0 Å². The van der Waals surface area contributed by atoms with E-state index in [0.717, 1.165) is 11.3 Å². The Morgan fingerprint density at radius 1 is 1.73 bits per heavy atom. The van der Waals surface area contributed by atoms with Crippen LogP contribution in [0.15, 0.2) is 6.08 Å². The summed E-state index contributed by atoms with van der Waals surface area (Å²) in [7, 11) is 0. The molecule has 11 heavy (non-hydrogen) atoms. The number of aromatic nitrogens is 1. The molecule has 1 aromatic rings. The van der Waals surface area contributed by atoms with Crippen LogP contribution in [0.2, 0.25) is 0 Å². The molecule has 0 fully saturated rings. The third-order valence-corrected chi connectivity index (χ3v) is 2.35. The zero-order chi connectivity index (χ0) is 8.27. The van der Waals surface area contributed by atoms with E-state index in [2.05, 4.69) is 4.98 Å². The van der Waals surface area contributed by atoms with Crippen molar-refractivity contribution < 1.29 is 5.11 Å². The minimum atomic E-state index is 0.171. The first-order valence-corrected chi connectivity index (χ1v) is 4.55. The first-order chi connectivity index (χ1) is 5.24. The first kappa shape index (κ1) is 8.49. The fourth-order valence-corrected chi connectivity index (χ4v) is 1.70. The van der Waals surface area contributed by atoms with Gasteiger partial charge >= 0.3 is 0 Å². The molecule has 0 amide bonds. The van der Waals surface area contributed by atoms with Crippen LogP contribution in [0.4, 0.5) is 0 Å². The van der Waals surface area contributed by atoms with Crippen molar-refractivity contribution in [2.24, 2.45) is 0 Å². The van der Waals surface area contributed by atoms with Gasteiger partial charge in [0.15, 0.2) is 3.95 Å². The Morgan fingerprint density at radius 2 is 2.45 bits per heavy atom. The van der Waals surface area contributed by atoms with Crippen LogP contribution in [-0.2, 0) is 0 Å². The highest BCUT2D eigenvalue weighted by atomic mass is 32.1. The van der Waals surface area contributed by atoms with Crippen LogP contribution < -0.4 is 0 Å². The molecule has 0 radical (unpaired) electrons. The molecule has 0 bridgehead atoms. The molecule has 0 aromatic carbocycles. The molecule has 0 saturated carbocycles. The van der Waals surface area contributed by atoms with Gasteiger partial charge in [-0.25, -0.2) is 0 Å². The predicted octanol–water partition coefficient (Wildman–Crippen LogP) is 2.93. The van der Waals surface area contributed by atoms with E-state index in [0.29, 0.717) is 3.95 Å². The normalized spacial score (nSPS) is 11.0. The Balaban J connectivity index is 2.94.